The lowest BCUT2D eigenvalue weighted by molar-refractivity contribution is -0.145. The van der Waals surface area contributed by atoms with Gasteiger partial charge in [0.1, 0.15) is 18.4 Å². The van der Waals surface area contributed by atoms with Gasteiger partial charge in [0.2, 0.25) is 11.8 Å². The van der Waals surface area contributed by atoms with Crippen LogP contribution in [0.5, 0.6) is 5.75 Å². The van der Waals surface area contributed by atoms with Crippen LogP contribution in [-0.2, 0) is 38.6 Å². The van der Waals surface area contributed by atoms with Crippen molar-refractivity contribution >= 4 is 29.4 Å². The summed E-state index contributed by atoms with van der Waals surface area (Å²) in [5.74, 6) is 0.464. The first kappa shape index (κ1) is 31.1. The quantitative estimate of drug-likeness (QED) is 0.255. The first-order valence-corrected chi connectivity index (χ1v) is 14.9. The SMILES string of the molecule is COC(=O)[C@H](CCc1ccc(OCc2ccccc2)cc1)NC(=O)CC1CCN(C(=O)CCc2ccc(Cl)cc2)CC1. The lowest BCUT2D eigenvalue weighted by Crippen LogP contribution is -2.44. The van der Waals surface area contributed by atoms with Crippen molar-refractivity contribution in [1.82, 2.24) is 10.2 Å². The van der Waals surface area contributed by atoms with E-state index in [1.165, 1.54) is 7.11 Å². The van der Waals surface area contributed by atoms with Crippen molar-refractivity contribution in [1.29, 1.82) is 0 Å². The van der Waals surface area contributed by atoms with Crippen molar-refractivity contribution in [2.45, 2.75) is 57.6 Å². The molecular weight excluding hydrogens is 552 g/mol. The molecule has 0 unspecified atom stereocenters. The number of piperidine rings is 1. The number of amides is 2. The van der Waals surface area contributed by atoms with Gasteiger partial charge in [-0.3, -0.25) is 9.59 Å². The predicted molar refractivity (Wildman–Crippen MR) is 163 cm³/mol. The standard InChI is InChI=1S/C34H39ClN2O5/c1-41-34(40)31(17-11-26-9-15-30(16-10-26)42-24-28-5-3-2-4-6-28)36-32(38)23-27-19-21-37(22-20-27)33(39)18-12-25-7-13-29(35)14-8-25/h2-10,13-16,27,31H,11-12,17-24H2,1H3,(H,36,38)/t31-/m0/s1. The fraction of sp³-hybridized carbons (Fsp3) is 0.382. The number of aryl methyl sites for hydroxylation is 2. The van der Waals surface area contributed by atoms with Crippen LogP contribution in [-0.4, -0.2) is 48.9 Å². The number of rotatable bonds is 13. The van der Waals surface area contributed by atoms with Gasteiger partial charge in [-0.05, 0) is 79.0 Å². The summed E-state index contributed by atoms with van der Waals surface area (Å²) in [7, 11) is 1.33. The Morgan fingerprint density at radius 2 is 1.52 bits per heavy atom. The van der Waals surface area contributed by atoms with E-state index in [4.69, 9.17) is 21.1 Å². The summed E-state index contributed by atoms with van der Waals surface area (Å²) < 4.78 is 10.8. The van der Waals surface area contributed by atoms with Crippen LogP contribution in [0.1, 0.15) is 48.8 Å². The molecular formula is C34H39ClN2O5. The van der Waals surface area contributed by atoms with Gasteiger partial charge in [0.05, 0.1) is 7.11 Å². The zero-order chi connectivity index (χ0) is 29.7. The number of methoxy groups -OCH3 is 1. The summed E-state index contributed by atoms with van der Waals surface area (Å²) in [6, 6.07) is 24.6. The average Bonchev–Trinajstić information content (AvgIpc) is 3.02. The Bertz CT molecular complexity index is 1290. The Balaban J connectivity index is 1.17. The summed E-state index contributed by atoms with van der Waals surface area (Å²) in [6.07, 6.45) is 4.03. The number of hydrogen-bond acceptors (Lipinski definition) is 5. The largest absolute Gasteiger partial charge is 0.489 e. The molecule has 1 fully saturated rings. The highest BCUT2D eigenvalue weighted by molar-refractivity contribution is 6.30. The van der Waals surface area contributed by atoms with Crippen LogP contribution in [0.15, 0.2) is 78.9 Å². The molecule has 222 valence electrons. The lowest BCUT2D eigenvalue weighted by atomic mass is 9.92. The Hall–Kier alpha value is -3.84. The van der Waals surface area contributed by atoms with Gasteiger partial charge in [0.15, 0.2) is 0 Å². The molecule has 1 aliphatic rings. The number of nitrogens with zero attached hydrogens (tertiary/aromatic N) is 1. The minimum absolute atomic E-state index is 0.134. The van der Waals surface area contributed by atoms with Crippen LogP contribution >= 0.6 is 11.6 Å². The molecule has 0 saturated carbocycles. The van der Waals surface area contributed by atoms with Crippen molar-refractivity contribution < 1.29 is 23.9 Å². The number of esters is 1. The highest BCUT2D eigenvalue weighted by Gasteiger charge is 2.27. The molecule has 1 heterocycles. The Morgan fingerprint density at radius 1 is 0.881 bits per heavy atom. The van der Waals surface area contributed by atoms with Crippen LogP contribution < -0.4 is 10.1 Å². The van der Waals surface area contributed by atoms with E-state index in [0.29, 0.717) is 56.8 Å². The van der Waals surface area contributed by atoms with Gasteiger partial charge in [-0.25, -0.2) is 4.79 Å². The summed E-state index contributed by atoms with van der Waals surface area (Å²) in [5.41, 5.74) is 3.23. The number of nitrogens with one attached hydrogen (secondary N) is 1. The highest BCUT2D eigenvalue weighted by atomic mass is 35.5. The molecule has 3 aromatic rings. The highest BCUT2D eigenvalue weighted by Crippen LogP contribution is 2.22. The molecule has 0 radical (unpaired) electrons. The van der Waals surface area contributed by atoms with Gasteiger partial charge < -0.3 is 19.7 Å². The fourth-order valence-corrected chi connectivity index (χ4v) is 5.28. The second-order valence-corrected chi connectivity index (χ2v) is 11.2. The van der Waals surface area contributed by atoms with Crippen molar-refractivity contribution in [2.24, 2.45) is 5.92 Å². The number of hydrogen-bond donors (Lipinski definition) is 1. The minimum atomic E-state index is -0.717. The number of likely N-dealkylation sites (tertiary alicyclic amines) is 1. The Labute approximate surface area is 253 Å². The van der Waals surface area contributed by atoms with E-state index in [1.54, 1.807) is 0 Å². The molecule has 42 heavy (non-hydrogen) atoms. The van der Waals surface area contributed by atoms with Crippen LogP contribution in [0.2, 0.25) is 5.02 Å². The molecule has 1 N–H and O–H groups in total. The zero-order valence-electron chi connectivity index (χ0n) is 24.1. The van der Waals surface area contributed by atoms with E-state index < -0.39 is 12.0 Å². The third kappa shape index (κ3) is 9.91. The summed E-state index contributed by atoms with van der Waals surface area (Å²) >= 11 is 5.94. The number of halogens is 1. The van der Waals surface area contributed by atoms with E-state index in [-0.39, 0.29) is 17.7 Å². The van der Waals surface area contributed by atoms with Crippen molar-refractivity contribution in [3.8, 4) is 5.75 Å². The molecule has 0 aromatic heterocycles. The smallest absolute Gasteiger partial charge is 0.328 e. The molecule has 1 aliphatic heterocycles. The van der Waals surface area contributed by atoms with Gasteiger partial charge in [0, 0.05) is 31.0 Å². The maximum atomic E-state index is 12.9. The van der Waals surface area contributed by atoms with Crippen molar-refractivity contribution in [3.05, 3.63) is 101 Å². The molecule has 2 amide bonds. The first-order valence-electron chi connectivity index (χ1n) is 14.5. The van der Waals surface area contributed by atoms with Gasteiger partial charge >= 0.3 is 5.97 Å². The van der Waals surface area contributed by atoms with E-state index in [2.05, 4.69) is 5.32 Å². The van der Waals surface area contributed by atoms with Crippen LogP contribution in [0.3, 0.4) is 0 Å². The third-order valence-corrected chi connectivity index (χ3v) is 7.95. The predicted octanol–water partition coefficient (Wildman–Crippen LogP) is 5.77. The molecule has 8 heteroatoms. The molecule has 3 aromatic carbocycles. The van der Waals surface area contributed by atoms with Crippen molar-refractivity contribution in [2.75, 3.05) is 20.2 Å². The minimum Gasteiger partial charge on any atom is -0.489 e. The van der Waals surface area contributed by atoms with Gasteiger partial charge in [0.25, 0.3) is 0 Å². The third-order valence-electron chi connectivity index (χ3n) is 7.70. The van der Waals surface area contributed by atoms with Gasteiger partial charge in [-0.15, -0.1) is 0 Å². The number of carbonyl (C=O) groups is 3. The number of carbonyl (C=O) groups excluding carboxylic acids is 3. The van der Waals surface area contributed by atoms with Gasteiger partial charge in [-0.2, -0.15) is 0 Å². The second-order valence-electron chi connectivity index (χ2n) is 10.8. The topological polar surface area (TPSA) is 84.9 Å². The summed E-state index contributed by atoms with van der Waals surface area (Å²) in [5, 5.41) is 3.57. The monoisotopic (exact) mass is 590 g/mol. The maximum absolute atomic E-state index is 12.9. The van der Waals surface area contributed by atoms with E-state index in [9.17, 15) is 14.4 Å². The normalized spacial score (nSPS) is 14.2. The number of ether oxygens (including phenoxy) is 2. The molecule has 7 nitrogen and oxygen atoms in total. The molecule has 4 rings (SSSR count). The molecule has 1 saturated heterocycles. The fourth-order valence-electron chi connectivity index (χ4n) is 5.16. The molecule has 1 atom stereocenters. The lowest BCUT2D eigenvalue weighted by Gasteiger charge is -2.32. The van der Waals surface area contributed by atoms with E-state index in [1.807, 2.05) is 83.8 Å². The van der Waals surface area contributed by atoms with Crippen LogP contribution in [0, 0.1) is 5.92 Å². The zero-order valence-corrected chi connectivity index (χ0v) is 24.9. The average molecular weight is 591 g/mol. The van der Waals surface area contributed by atoms with E-state index >= 15 is 0 Å². The Kier molecular flexibility index (Phi) is 11.8. The maximum Gasteiger partial charge on any atom is 0.328 e. The molecule has 0 bridgehead atoms. The first-order chi connectivity index (χ1) is 20.4. The molecule has 0 aliphatic carbocycles. The van der Waals surface area contributed by atoms with Crippen LogP contribution in [0.4, 0.5) is 0 Å². The van der Waals surface area contributed by atoms with E-state index in [0.717, 1.165) is 35.3 Å². The van der Waals surface area contributed by atoms with Gasteiger partial charge in [-0.1, -0.05) is 66.2 Å². The summed E-state index contributed by atoms with van der Waals surface area (Å²) in [4.78, 5) is 39.9. The number of benzene rings is 3. The second kappa shape index (κ2) is 16.0. The Morgan fingerprint density at radius 3 is 2.19 bits per heavy atom. The van der Waals surface area contributed by atoms with Crippen molar-refractivity contribution in [3.63, 3.8) is 0 Å². The van der Waals surface area contributed by atoms with Crippen LogP contribution in [0.25, 0.3) is 0 Å². The molecule has 0 spiro atoms. The summed E-state index contributed by atoms with van der Waals surface area (Å²) in [6.45, 7) is 1.78.